The number of hydrogen-bond acceptors (Lipinski definition) is 2. The summed E-state index contributed by atoms with van der Waals surface area (Å²) < 4.78 is 51.7. The fourth-order valence-corrected chi connectivity index (χ4v) is 2.68. The quantitative estimate of drug-likeness (QED) is 0.858. The molecule has 0 bridgehead atoms. The molecule has 2 nitrogen and oxygen atoms in total. The molecule has 1 aliphatic rings. The third-order valence-corrected chi connectivity index (χ3v) is 3.65. The van der Waals surface area contributed by atoms with Gasteiger partial charge in [0.2, 0.25) is 0 Å². The Bertz CT molecular complexity index is 457. The molecular formula is C14H18F4N2. The van der Waals surface area contributed by atoms with Gasteiger partial charge in [-0.05, 0) is 44.5 Å². The van der Waals surface area contributed by atoms with Gasteiger partial charge in [-0.3, -0.25) is 0 Å². The zero-order valence-electron chi connectivity index (χ0n) is 11.3. The van der Waals surface area contributed by atoms with Gasteiger partial charge in [-0.25, -0.2) is 4.39 Å². The van der Waals surface area contributed by atoms with Crippen molar-refractivity contribution in [3.05, 3.63) is 29.6 Å². The standard InChI is InChI=1S/C14H18F4N2/c1-19-9-11-4-2-3-7-20(11)13-6-5-10(8-12(13)15)14(16,17)18/h5-6,8,11,19H,2-4,7,9H2,1H3. The molecule has 1 aliphatic heterocycles. The average Bonchev–Trinajstić information content (AvgIpc) is 2.39. The summed E-state index contributed by atoms with van der Waals surface area (Å²) in [4.78, 5) is 1.87. The maximum Gasteiger partial charge on any atom is 0.416 e. The second kappa shape index (κ2) is 5.99. The molecule has 1 aromatic rings. The third kappa shape index (κ3) is 3.23. The molecule has 6 heteroatoms. The summed E-state index contributed by atoms with van der Waals surface area (Å²) in [5, 5.41) is 3.05. The molecule has 0 amide bonds. The fraction of sp³-hybridized carbons (Fsp3) is 0.571. The smallest absolute Gasteiger partial charge is 0.365 e. The van der Waals surface area contributed by atoms with Crippen LogP contribution in [0.2, 0.25) is 0 Å². The van der Waals surface area contributed by atoms with Crippen molar-refractivity contribution >= 4 is 5.69 Å². The number of halogens is 4. The number of benzene rings is 1. The van der Waals surface area contributed by atoms with Gasteiger partial charge in [0.25, 0.3) is 0 Å². The van der Waals surface area contributed by atoms with Crippen LogP contribution in [0, 0.1) is 5.82 Å². The minimum absolute atomic E-state index is 0.125. The molecule has 1 unspecified atom stereocenters. The van der Waals surface area contributed by atoms with E-state index in [9.17, 15) is 17.6 Å². The van der Waals surface area contributed by atoms with E-state index in [1.165, 1.54) is 6.07 Å². The van der Waals surface area contributed by atoms with Crippen molar-refractivity contribution in [2.75, 3.05) is 25.0 Å². The highest BCUT2D eigenvalue weighted by Gasteiger charge is 2.32. The number of hydrogen-bond donors (Lipinski definition) is 1. The first-order valence-electron chi connectivity index (χ1n) is 6.71. The molecule has 1 atom stereocenters. The molecule has 20 heavy (non-hydrogen) atoms. The number of likely N-dealkylation sites (N-methyl/N-ethyl adjacent to an activating group) is 1. The summed E-state index contributed by atoms with van der Waals surface area (Å²) >= 11 is 0. The van der Waals surface area contributed by atoms with Crippen LogP contribution in [0.4, 0.5) is 23.2 Å². The van der Waals surface area contributed by atoms with Crippen molar-refractivity contribution in [1.29, 1.82) is 0 Å². The van der Waals surface area contributed by atoms with Crippen LogP contribution in [0.1, 0.15) is 24.8 Å². The first kappa shape index (κ1) is 15.1. The summed E-state index contributed by atoms with van der Waals surface area (Å²) in [7, 11) is 1.82. The molecule has 0 saturated carbocycles. The summed E-state index contributed by atoms with van der Waals surface area (Å²) in [6.45, 7) is 1.37. The zero-order chi connectivity index (χ0) is 14.8. The van der Waals surface area contributed by atoms with Crippen LogP contribution in [0.25, 0.3) is 0 Å². The summed E-state index contributed by atoms with van der Waals surface area (Å²) in [6, 6.07) is 2.90. The van der Waals surface area contributed by atoms with Crippen LogP contribution in [-0.2, 0) is 6.18 Å². The molecule has 112 valence electrons. The Kier molecular flexibility index (Phi) is 4.52. The van der Waals surface area contributed by atoms with Gasteiger partial charge in [0.1, 0.15) is 5.82 Å². The number of nitrogens with zero attached hydrogens (tertiary/aromatic N) is 1. The van der Waals surface area contributed by atoms with Crippen molar-refractivity contribution in [1.82, 2.24) is 5.32 Å². The van der Waals surface area contributed by atoms with Gasteiger partial charge >= 0.3 is 6.18 Å². The van der Waals surface area contributed by atoms with E-state index < -0.39 is 17.6 Å². The SMILES string of the molecule is CNCC1CCCCN1c1ccc(C(F)(F)F)cc1F. The van der Waals surface area contributed by atoms with Crippen molar-refractivity contribution in [2.24, 2.45) is 0 Å². The highest BCUT2D eigenvalue weighted by atomic mass is 19.4. The first-order valence-corrected chi connectivity index (χ1v) is 6.71. The van der Waals surface area contributed by atoms with E-state index in [1.54, 1.807) is 0 Å². The molecule has 1 heterocycles. The van der Waals surface area contributed by atoms with Crippen molar-refractivity contribution in [3.8, 4) is 0 Å². The van der Waals surface area contributed by atoms with Crippen LogP contribution in [0.15, 0.2) is 18.2 Å². The maximum absolute atomic E-state index is 14.0. The van der Waals surface area contributed by atoms with E-state index in [1.807, 2.05) is 11.9 Å². The zero-order valence-corrected chi connectivity index (χ0v) is 11.3. The van der Waals surface area contributed by atoms with Gasteiger partial charge in [-0.1, -0.05) is 0 Å². The number of nitrogens with one attached hydrogen (secondary N) is 1. The topological polar surface area (TPSA) is 15.3 Å². The molecule has 1 fully saturated rings. The molecule has 0 spiro atoms. The Morgan fingerprint density at radius 3 is 2.65 bits per heavy atom. The van der Waals surface area contributed by atoms with Crippen LogP contribution in [-0.4, -0.2) is 26.2 Å². The van der Waals surface area contributed by atoms with Crippen molar-refractivity contribution < 1.29 is 17.6 Å². The minimum atomic E-state index is -4.51. The van der Waals surface area contributed by atoms with E-state index >= 15 is 0 Å². The van der Waals surface area contributed by atoms with E-state index in [0.29, 0.717) is 19.2 Å². The maximum atomic E-state index is 14.0. The van der Waals surface area contributed by atoms with E-state index in [-0.39, 0.29) is 11.7 Å². The summed E-state index contributed by atoms with van der Waals surface area (Å²) in [6.07, 6.45) is -1.60. The predicted octanol–water partition coefficient (Wildman–Crippen LogP) is 3.42. The lowest BCUT2D eigenvalue weighted by Gasteiger charge is -2.37. The molecule has 1 N–H and O–H groups in total. The lowest BCUT2D eigenvalue weighted by Crippen LogP contribution is -2.45. The Morgan fingerprint density at radius 2 is 2.05 bits per heavy atom. The van der Waals surface area contributed by atoms with Gasteiger partial charge in [0.15, 0.2) is 0 Å². The lowest BCUT2D eigenvalue weighted by molar-refractivity contribution is -0.137. The summed E-state index contributed by atoms with van der Waals surface area (Å²) in [5.74, 6) is -0.803. The van der Waals surface area contributed by atoms with E-state index in [4.69, 9.17) is 0 Å². The Hall–Kier alpha value is -1.30. The van der Waals surface area contributed by atoms with Crippen LogP contribution in [0.5, 0.6) is 0 Å². The molecule has 2 rings (SSSR count). The van der Waals surface area contributed by atoms with Crippen LogP contribution >= 0.6 is 0 Å². The van der Waals surface area contributed by atoms with Crippen LogP contribution < -0.4 is 10.2 Å². The van der Waals surface area contributed by atoms with E-state index in [0.717, 1.165) is 25.3 Å². The largest absolute Gasteiger partial charge is 0.416 e. The second-order valence-corrected chi connectivity index (χ2v) is 5.06. The molecule has 1 saturated heterocycles. The van der Waals surface area contributed by atoms with Gasteiger partial charge in [0.05, 0.1) is 11.3 Å². The summed E-state index contributed by atoms with van der Waals surface area (Å²) in [5.41, 5.74) is -0.682. The monoisotopic (exact) mass is 290 g/mol. The van der Waals surface area contributed by atoms with E-state index in [2.05, 4.69) is 5.32 Å². The van der Waals surface area contributed by atoms with Gasteiger partial charge in [-0.15, -0.1) is 0 Å². The number of alkyl halides is 3. The number of rotatable bonds is 3. The minimum Gasteiger partial charge on any atom is -0.365 e. The molecule has 0 radical (unpaired) electrons. The van der Waals surface area contributed by atoms with Gasteiger partial charge in [-0.2, -0.15) is 13.2 Å². The Morgan fingerprint density at radius 1 is 1.30 bits per heavy atom. The third-order valence-electron chi connectivity index (χ3n) is 3.65. The Labute approximate surface area is 115 Å². The molecule has 0 aromatic heterocycles. The predicted molar refractivity (Wildman–Crippen MR) is 70.3 cm³/mol. The fourth-order valence-electron chi connectivity index (χ4n) is 2.68. The molecular weight excluding hydrogens is 272 g/mol. The lowest BCUT2D eigenvalue weighted by atomic mass is 10.0. The van der Waals surface area contributed by atoms with Crippen LogP contribution in [0.3, 0.4) is 0 Å². The molecule has 0 aliphatic carbocycles. The highest BCUT2D eigenvalue weighted by molar-refractivity contribution is 5.51. The number of piperidine rings is 1. The number of anilines is 1. The molecule has 1 aromatic carbocycles. The van der Waals surface area contributed by atoms with Crippen molar-refractivity contribution in [2.45, 2.75) is 31.5 Å². The normalized spacial score (nSPS) is 20.2. The first-order chi connectivity index (χ1) is 9.43. The Balaban J connectivity index is 2.27. The van der Waals surface area contributed by atoms with Gasteiger partial charge in [0, 0.05) is 19.1 Å². The second-order valence-electron chi connectivity index (χ2n) is 5.06. The average molecular weight is 290 g/mol. The van der Waals surface area contributed by atoms with Gasteiger partial charge < -0.3 is 10.2 Å². The highest BCUT2D eigenvalue weighted by Crippen LogP contribution is 2.34. The van der Waals surface area contributed by atoms with Crippen molar-refractivity contribution in [3.63, 3.8) is 0 Å².